The molecule has 130 valence electrons. The van der Waals surface area contributed by atoms with Crippen LogP contribution in [0.5, 0.6) is 0 Å². The number of hydrogen-bond acceptors (Lipinski definition) is 5. The highest BCUT2D eigenvalue weighted by Crippen LogP contribution is 2.14. The lowest BCUT2D eigenvalue weighted by Crippen LogP contribution is -2.38. The van der Waals surface area contributed by atoms with E-state index in [1.165, 1.54) is 11.3 Å². The molecular formula is C16H26N2O4S. The van der Waals surface area contributed by atoms with Crippen molar-refractivity contribution in [2.45, 2.75) is 46.3 Å². The lowest BCUT2D eigenvalue weighted by atomic mass is 10.2. The summed E-state index contributed by atoms with van der Waals surface area (Å²) in [7, 11) is 0. The molecule has 0 aliphatic rings. The fraction of sp³-hybridized carbons (Fsp3) is 0.625. The fourth-order valence-electron chi connectivity index (χ4n) is 1.90. The van der Waals surface area contributed by atoms with Gasteiger partial charge in [0.05, 0.1) is 5.56 Å². The first-order valence-corrected chi connectivity index (χ1v) is 8.60. The minimum absolute atomic E-state index is 0.288. The third-order valence-electron chi connectivity index (χ3n) is 3.01. The smallest absolute Gasteiger partial charge is 0.410 e. The molecule has 2 N–H and O–H groups in total. The Morgan fingerprint density at radius 2 is 2.09 bits per heavy atom. The summed E-state index contributed by atoms with van der Waals surface area (Å²) in [6, 6.07) is 1.68. The maximum atomic E-state index is 12.0. The van der Waals surface area contributed by atoms with Crippen molar-refractivity contribution in [3.8, 4) is 0 Å². The lowest BCUT2D eigenvalue weighted by molar-refractivity contribution is 0.0258. The van der Waals surface area contributed by atoms with E-state index in [4.69, 9.17) is 9.84 Å². The normalized spacial score (nSPS) is 11.3. The second kappa shape index (κ2) is 8.88. The van der Waals surface area contributed by atoms with E-state index in [0.29, 0.717) is 25.2 Å². The van der Waals surface area contributed by atoms with Gasteiger partial charge >= 0.3 is 12.1 Å². The molecule has 0 aromatic carbocycles. The quantitative estimate of drug-likeness (QED) is 0.709. The van der Waals surface area contributed by atoms with Gasteiger partial charge in [0.25, 0.3) is 0 Å². The number of amides is 1. The van der Waals surface area contributed by atoms with Gasteiger partial charge in [0.1, 0.15) is 5.60 Å². The molecule has 0 saturated heterocycles. The Morgan fingerprint density at radius 1 is 1.39 bits per heavy atom. The highest BCUT2D eigenvalue weighted by Gasteiger charge is 2.20. The van der Waals surface area contributed by atoms with E-state index in [2.05, 4.69) is 5.32 Å². The van der Waals surface area contributed by atoms with Gasteiger partial charge < -0.3 is 20.1 Å². The summed E-state index contributed by atoms with van der Waals surface area (Å²) in [5.74, 6) is -0.900. The molecule has 0 unspecified atom stereocenters. The van der Waals surface area contributed by atoms with Gasteiger partial charge in [0.15, 0.2) is 0 Å². The average molecular weight is 342 g/mol. The van der Waals surface area contributed by atoms with Crippen molar-refractivity contribution in [2.24, 2.45) is 0 Å². The van der Waals surface area contributed by atoms with Crippen LogP contribution in [0.3, 0.4) is 0 Å². The third kappa shape index (κ3) is 7.47. The number of hydrogen-bond donors (Lipinski definition) is 2. The van der Waals surface area contributed by atoms with Crippen molar-refractivity contribution in [3.05, 3.63) is 21.9 Å². The van der Waals surface area contributed by atoms with Crippen LogP contribution in [0.25, 0.3) is 0 Å². The van der Waals surface area contributed by atoms with E-state index >= 15 is 0 Å². The SMILES string of the molecule is CCN(CCCNCc1cc(C(=O)O)cs1)C(=O)OC(C)(C)C. The molecule has 0 saturated carbocycles. The zero-order chi connectivity index (χ0) is 17.5. The predicted octanol–water partition coefficient (Wildman–Crippen LogP) is 3.18. The Bertz CT molecular complexity index is 522. The first-order valence-electron chi connectivity index (χ1n) is 7.72. The summed E-state index contributed by atoms with van der Waals surface area (Å²) in [5, 5.41) is 13.8. The van der Waals surface area contributed by atoms with Crippen molar-refractivity contribution in [2.75, 3.05) is 19.6 Å². The van der Waals surface area contributed by atoms with Crippen LogP contribution in [0.1, 0.15) is 49.4 Å². The van der Waals surface area contributed by atoms with Crippen LogP contribution in [-0.4, -0.2) is 47.3 Å². The zero-order valence-corrected chi connectivity index (χ0v) is 15.0. The molecule has 1 aromatic heterocycles. The van der Waals surface area contributed by atoms with Gasteiger partial charge in [-0.15, -0.1) is 11.3 Å². The van der Waals surface area contributed by atoms with E-state index < -0.39 is 11.6 Å². The topological polar surface area (TPSA) is 78.9 Å². The Labute approximate surface area is 141 Å². The molecule has 0 fully saturated rings. The highest BCUT2D eigenvalue weighted by molar-refractivity contribution is 7.10. The number of ether oxygens (including phenoxy) is 1. The standard InChI is InChI=1S/C16H26N2O4S/c1-5-18(15(21)22-16(2,3)4)8-6-7-17-10-13-9-12(11-23-13)14(19)20/h9,11,17H,5-8,10H2,1-4H3,(H,19,20). The monoisotopic (exact) mass is 342 g/mol. The number of carboxylic acid groups (broad SMARTS) is 1. The van der Waals surface area contributed by atoms with Crippen LogP contribution in [0.4, 0.5) is 4.79 Å². The summed E-state index contributed by atoms with van der Waals surface area (Å²) in [6.07, 6.45) is 0.522. The van der Waals surface area contributed by atoms with Crippen LogP contribution in [0, 0.1) is 0 Å². The van der Waals surface area contributed by atoms with E-state index in [1.54, 1.807) is 16.3 Å². The maximum absolute atomic E-state index is 12.0. The second-order valence-electron chi connectivity index (χ2n) is 6.20. The molecule has 0 radical (unpaired) electrons. The lowest BCUT2D eigenvalue weighted by Gasteiger charge is -2.26. The number of carbonyl (C=O) groups excluding carboxylic acids is 1. The number of nitrogens with zero attached hydrogens (tertiary/aromatic N) is 1. The van der Waals surface area contributed by atoms with E-state index in [-0.39, 0.29) is 6.09 Å². The van der Waals surface area contributed by atoms with Crippen LogP contribution in [-0.2, 0) is 11.3 Å². The molecule has 23 heavy (non-hydrogen) atoms. The van der Waals surface area contributed by atoms with Gasteiger partial charge in [-0.2, -0.15) is 0 Å². The molecule has 1 rings (SSSR count). The van der Waals surface area contributed by atoms with Gasteiger partial charge in [-0.05, 0) is 46.7 Å². The highest BCUT2D eigenvalue weighted by atomic mass is 32.1. The molecular weight excluding hydrogens is 316 g/mol. The first kappa shape index (κ1) is 19.4. The number of rotatable bonds is 8. The Hall–Kier alpha value is -1.60. The molecule has 1 heterocycles. The fourth-order valence-corrected chi connectivity index (χ4v) is 2.72. The Balaban J connectivity index is 2.26. The Kier molecular flexibility index (Phi) is 7.51. The van der Waals surface area contributed by atoms with Crippen molar-refractivity contribution in [3.63, 3.8) is 0 Å². The van der Waals surface area contributed by atoms with Crippen molar-refractivity contribution >= 4 is 23.4 Å². The summed E-state index contributed by atoms with van der Waals surface area (Å²) in [5.41, 5.74) is -0.155. The first-order chi connectivity index (χ1) is 10.7. The summed E-state index contributed by atoms with van der Waals surface area (Å²) < 4.78 is 5.35. The van der Waals surface area contributed by atoms with Crippen molar-refractivity contribution in [1.29, 1.82) is 0 Å². The summed E-state index contributed by atoms with van der Waals surface area (Å²) >= 11 is 1.43. The molecule has 0 aliphatic heterocycles. The predicted molar refractivity (Wildman–Crippen MR) is 91.1 cm³/mol. The van der Waals surface area contributed by atoms with E-state index in [9.17, 15) is 9.59 Å². The van der Waals surface area contributed by atoms with E-state index in [0.717, 1.165) is 17.8 Å². The average Bonchev–Trinajstić information content (AvgIpc) is 2.89. The third-order valence-corrected chi connectivity index (χ3v) is 3.95. The minimum atomic E-state index is -0.900. The van der Waals surface area contributed by atoms with E-state index in [1.807, 2.05) is 27.7 Å². The van der Waals surface area contributed by atoms with Gasteiger partial charge in [-0.1, -0.05) is 0 Å². The number of thiophene rings is 1. The number of nitrogens with one attached hydrogen (secondary N) is 1. The number of carbonyl (C=O) groups is 2. The minimum Gasteiger partial charge on any atom is -0.478 e. The van der Waals surface area contributed by atoms with Gasteiger partial charge in [-0.3, -0.25) is 0 Å². The Morgan fingerprint density at radius 3 is 2.61 bits per heavy atom. The molecule has 1 amide bonds. The number of carboxylic acids is 1. The van der Waals surface area contributed by atoms with Crippen LogP contribution < -0.4 is 5.32 Å². The van der Waals surface area contributed by atoms with Gasteiger partial charge in [-0.25, -0.2) is 9.59 Å². The van der Waals surface area contributed by atoms with Gasteiger partial charge in [0.2, 0.25) is 0 Å². The largest absolute Gasteiger partial charge is 0.478 e. The zero-order valence-electron chi connectivity index (χ0n) is 14.2. The van der Waals surface area contributed by atoms with Crippen molar-refractivity contribution < 1.29 is 19.4 Å². The second-order valence-corrected chi connectivity index (χ2v) is 7.19. The molecule has 0 atom stereocenters. The van der Waals surface area contributed by atoms with Gasteiger partial charge in [0, 0.05) is 29.9 Å². The van der Waals surface area contributed by atoms with Crippen LogP contribution in [0.15, 0.2) is 11.4 Å². The summed E-state index contributed by atoms with van der Waals surface area (Å²) in [4.78, 5) is 25.4. The molecule has 0 aliphatic carbocycles. The van der Waals surface area contributed by atoms with Crippen molar-refractivity contribution in [1.82, 2.24) is 10.2 Å². The molecule has 0 bridgehead atoms. The van der Waals surface area contributed by atoms with Crippen LogP contribution in [0.2, 0.25) is 0 Å². The molecule has 7 heteroatoms. The summed E-state index contributed by atoms with van der Waals surface area (Å²) in [6.45, 7) is 10.1. The molecule has 6 nitrogen and oxygen atoms in total. The molecule has 0 spiro atoms. The molecule has 1 aromatic rings. The maximum Gasteiger partial charge on any atom is 0.410 e. The van der Waals surface area contributed by atoms with Crippen LogP contribution >= 0.6 is 11.3 Å². The number of aromatic carboxylic acids is 1.